The number of carbonyl (C=O) groups excluding carboxylic acids is 1. The Labute approximate surface area is 197 Å². The third-order valence-corrected chi connectivity index (χ3v) is 6.64. The normalized spacial score (nSPS) is 20.7. The van der Waals surface area contributed by atoms with Crippen LogP contribution in [-0.4, -0.2) is 68.6 Å². The number of fused-ring (bicyclic) bond motifs is 3. The van der Waals surface area contributed by atoms with E-state index in [4.69, 9.17) is 0 Å². The number of piperazine rings is 1. The second-order valence-corrected chi connectivity index (χ2v) is 9.37. The zero-order valence-corrected chi connectivity index (χ0v) is 19.4. The largest absolute Gasteiger partial charge is 0.416 e. The van der Waals surface area contributed by atoms with Crippen LogP contribution in [0.5, 0.6) is 0 Å². The van der Waals surface area contributed by atoms with Crippen molar-refractivity contribution in [1.29, 1.82) is 0 Å². The number of rotatable bonds is 6. The van der Waals surface area contributed by atoms with Crippen LogP contribution in [0.2, 0.25) is 0 Å². The zero-order valence-electron chi connectivity index (χ0n) is 19.4. The lowest BCUT2D eigenvalue weighted by Gasteiger charge is -2.49. The fraction of sp³-hybridized carbons (Fsp3) is 0.480. The molecule has 5 nitrogen and oxygen atoms in total. The first-order valence-electron chi connectivity index (χ1n) is 11.5. The lowest BCUT2D eigenvalue weighted by atomic mass is 9.82. The summed E-state index contributed by atoms with van der Waals surface area (Å²) in [6.07, 6.45) is -4.16. The van der Waals surface area contributed by atoms with E-state index >= 15 is 0 Å². The van der Waals surface area contributed by atoms with Crippen molar-refractivity contribution in [3.05, 3.63) is 65.0 Å². The number of likely N-dealkylation sites (N-methyl/N-ethyl adjacent to an activating group) is 1. The Bertz CT molecular complexity index is 1010. The summed E-state index contributed by atoms with van der Waals surface area (Å²) in [7, 11) is 3.83. The fourth-order valence-corrected chi connectivity index (χ4v) is 4.88. The maximum atomic E-state index is 13.3. The summed E-state index contributed by atoms with van der Waals surface area (Å²) < 4.78 is 53.3. The summed E-state index contributed by atoms with van der Waals surface area (Å²) in [5.74, 6) is -0.886. The van der Waals surface area contributed by atoms with E-state index in [9.17, 15) is 22.4 Å². The number of alkyl halides is 3. The number of nitrogens with zero attached hydrogens (tertiary/aromatic N) is 3. The van der Waals surface area contributed by atoms with Crippen LogP contribution >= 0.6 is 0 Å². The van der Waals surface area contributed by atoms with Crippen LogP contribution in [0.3, 0.4) is 0 Å². The van der Waals surface area contributed by atoms with Crippen molar-refractivity contribution in [2.75, 3.05) is 51.7 Å². The van der Waals surface area contributed by atoms with Gasteiger partial charge in [-0.3, -0.25) is 9.69 Å². The molecular weight excluding hydrogens is 448 g/mol. The number of carbonyl (C=O) groups is 1. The molecule has 0 unspecified atom stereocenters. The van der Waals surface area contributed by atoms with Gasteiger partial charge in [-0.25, -0.2) is 4.39 Å². The van der Waals surface area contributed by atoms with Gasteiger partial charge in [0.2, 0.25) is 5.91 Å². The molecule has 0 radical (unpaired) electrons. The Morgan fingerprint density at radius 3 is 2.53 bits per heavy atom. The molecule has 0 saturated carbocycles. The Morgan fingerprint density at radius 2 is 1.85 bits per heavy atom. The highest BCUT2D eigenvalue weighted by atomic mass is 19.4. The van der Waals surface area contributed by atoms with E-state index in [2.05, 4.69) is 15.1 Å². The summed E-state index contributed by atoms with van der Waals surface area (Å²) in [6, 6.07) is 10.1. The van der Waals surface area contributed by atoms with E-state index in [0.29, 0.717) is 44.8 Å². The molecule has 184 valence electrons. The lowest BCUT2D eigenvalue weighted by molar-refractivity contribution is -0.137. The highest BCUT2D eigenvalue weighted by Gasteiger charge is 2.42. The maximum absolute atomic E-state index is 13.3. The standard InChI is InChI=1S/C25H30F4N4O/c1-31(2)10-9-30-24(34)21-14-18-13-19(25(27,28)29)5-8-22(18)33-12-11-32(16-23(21)33)15-17-3-6-20(26)7-4-17/h3-8,13,21,23H,9-12,14-16H2,1-2H3,(H,30,34)/t21-,23-/m0/s1. The Balaban J connectivity index is 1.58. The lowest BCUT2D eigenvalue weighted by Crippen LogP contribution is -2.61. The predicted octanol–water partition coefficient (Wildman–Crippen LogP) is 3.39. The number of nitrogens with one attached hydrogen (secondary N) is 1. The second-order valence-electron chi connectivity index (χ2n) is 9.37. The summed E-state index contributed by atoms with van der Waals surface area (Å²) in [6.45, 7) is 3.68. The molecule has 2 aromatic carbocycles. The Morgan fingerprint density at radius 1 is 1.12 bits per heavy atom. The van der Waals surface area contributed by atoms with Gasteiger partial charge in [0.15, 0.2) is 0 Å². The smallest absolute Gasteiger partial charge is 0.365 e. The van der Waals surface area contributed by atoms with Gasteiger partial charge in [-0.1, -0.05) is 12.1 Å². The van der Waals surface area contributed by atoms with Gasteiger partial charge in [-0.05, 0) is 62.0 Å². The minimum Gasteiger partial charge on any atom is -0.365 e. The first kappa shape index (κ1) is 24.5. The van der Waals surface area contributed by atoms with Gasteiger partial charge in [-0.2, -0.15) is 13.2 Å². The molecule has 2 aromatic rings. The van der Waals surface area contributed by atoms with Crippen molar-refractivity contribution in [2.45, 2.75) is 25.2 Å². The van der Waals surface area contributed by atoms with Crippen LogP contribution in [-0.2, 0) is 23.9 Å². The van der Waals surface area contributed by atoms with E-state index in [0.717, 1.165) is 17.3 Å². The van der Waals surface area contributed by atoms with Gasteiger partial charge in [0.25, 0.3) is 0 Å². The number of hydrogen-bond donors (Lipinski definition) is 1. The van der Waals surface area contributed by atoms with Crippen molar-refractivity contribution >= 4 is 11.6 Å². The van der Waals surface area contributed by atoms with Crippen LogP contribution in [0.15, 0.2) is 42.5 Å². The molecule has 2 atom stereocenters. The third-order valence-electron chi connectivity index (χ3n) is 6.64. The van der Waals surface area contributed by atoms with E-state index in [1.165, 1.54) is 18.2 Å². The molecule has 2 aliphatic heterocycles. The molecule has 1 amide bonds. The summed E-state index contributed by atoms with van der Waals surface area (Å²) in [4.78, 5) is 19.5. The van der Waals surface area contributed by atoms with Gasteiger partial charge in [0.05, 0.1) is 17.5 Å². The van der Waals surface area contributed by atoms with Crippen molar-refractivity contribution in [3.63, 3.8) is 0 Å². The van der Waals surface area contributed by atoms with Crippen molar-refractivity contribution in [1.82, 2.24) is 15.1 Å². The summed E-state index contributed by atoms with van der Waals surface area (Å²) in [5, 5.41) is 2.97. The third kappa shape index (κ3) is 5.52. The van der Waals surface area contributed by atoms with Gasteiger partial charge >= 0.3 is 6.18 Å². The number of hydrogen-bond acceptors (Lipinski definition) is 4. The van der Waals surface area contributed by atoms with Gasteiger partial charge < -0.3 is 15.1 Å². The minimum atomic E-state index is -4.43. The molecule has 0 spiro atoms. The highest BCUT2D eigenvalue weighted by molar-refractivity contribution is 5.82. The fourth-order valence-electron chi connectivity index (χ4n) is 4.88. The van der Waals surface area contributed by atoms with Gasteiger partial charge in [0, 0.05) is 45.0 Å². The first-order valence-corrected chi connectivity index (χ1v) is 11.5. The molecule has 0 aliphatic carbocycles. The average molecular weight is 479 g/mol. The Hall–Kier alpha value is -2.65. The highest BCUT2D eigenvalue weighted by Crippen LogP contribution is 2.39. The number of halogens is 4. The summed E-state index contributed by atoms with van der Waals surface area (Å²) >= 11 is 0. The molecule has 2 heterocycles. The zero-order chi connectivity index (χ0) is 24.5. The first-order chi connectivity index (χ1) is 16.1. The molecular formula is C25H30F4N4O. The topological polar surface area (TPSA) is 38.8 Å². The van der Waals surface area contributed by atoms with Crippen LogP contribution in [0, 0.1) is 11.7 Å². The van der Waals surface area contributed by atoms with Gasteiger partial charge in [0.1, 0.15) is 5.82 Å². The molecule has 34 heavy (non-hydrogen) atoms. The van der Waals surface area contributed by atoms with Gasteiger partial charge in [-0.15, -0.1) is 0 Å². The average Bonchev–Trinajstić information content (AvgIpc) is 2.78. The monoisotopic (exact) mass is 478 g/mol. The Kier molecular flexibility index (Phi) is 7.14. The van der Waals surface area contributed by atoms with Crippen LogP contribution in [0.1, 0.15) is 16.7 Å². The molecule has 0 aromatic heterocycles. The molecule has 1 saturated heterocycles. The number of amides is 1. The van der Waals surface area contributed by atoms with E-state index in [-0.39, 0.29) is 24.2 Å². The summed E-state index contributed by atoms with van der Waals surface area (Å²) in [5.41, 5.74) is 1.63. The second kappa shape index (κ2) is 9.92. The molecule has 9 heteroatoms. The van der Waals surface area contributed by atoms with Crippen molar-refractivity contribution in [3.8, 4) is 0 Å². The number of anilines is 1. The minimum absolute atomic E-state index is 0.136. The predicted molar refractivity (Wildman–Crippen MR) is 123 cm³/mol. The van der Waals surface area contributed by atoms with Crippen molar-refractivity contribution in [2.24, 2.45) is 5.92 Å². The maximum Gasteiger partial charge on any atom is 0.416 e. The van der Waals surface area contributed by atoms with E-state index in [1.54, 1.807) is 18.2 Å². The molecule has 4 rings (SSSR count). The molecule has 1 fully saturated rings. The van der Waals surface area contributed by atoms with E-state index in [1.807, 2.05) is 19.0 Å². The SMILES string of the molecule is CN(C)CCNC(=O)[C@H]1Cc2cc(C(F)(F)F)ccc2N2CCN(Cc3ccc(F)cc3)C[C@@H]12. The quantitative estimate of drug-likeness (QED) is 0.647. The van der Waals surface area contributed by atoms with Crippen LogP contribution < -0.4 is 10.2 Å². The van der Waals surface area contributed by atoms with Crippen molar-refractivity contribution < 1.29 is 22.4 Å². The molecule has 1 N–H and O–H groups in total. The molecule has 2 aliphatic rings. The molecule has 0 bridgehead atoms. The number of benzene rings is 2. The van der Waals surface area contributed by atoms with E-state index < -0.39 is 17.7 Å². The van der Waals surface area contributed by atoms with Crippen LogP contribution in [0.25, 0.3) is 0 Å². The van der Waals surface area contributed by atoms with Crippen LogP contribution in [0.4, 0.5) is 23.2 Å².